The molecular weight excluding hydrogens is 491 g/mol. The zero-order valence-electron chi connectivity index (χ0n) is 14.4. The molecule has 1 amide bonds. The van der Waals surface area contributed by atoms with Crippen LogP contribution in [0.3, 0.4) is 0 Å². The molecular formula is C12H8F11N3O6. The van der Waals surface area contributed by atoms with Gasteiger partial charge in [0.25, 0.3) is 5.91 Å². The molecule has 9 nitrogen and oxygen atoms in total. The van der Waals surface area contributed by atoms with Crippen molar-refractivity contribution in [2.45, 2.75) is 30.2 Å². The fourth-order valence-corrected chi connectivity index (χ4v) is 1.80. The molecule has 5 N–H and O–H groups in total. The van der Waals surface area contributed by atoms with E-state index in [2.05, 4.69) is 0 Å². The lowest BCUT2D eigenvalue weighted by molar-refractivity contribution is -0.996. The number of hydrogen-bond donors (Lipinski definition) is 5. The normalized spacial score (nSPS) is 17.5. The number of rotatable bonds is 7. The van der Waals surface area contributed by atoms with Crippen molar-refractivity contribution in [2.24, 2.45) is 0 Å². The third-order valence-electron chi connectivity index (χ3n) is 3.39. The predicted octanol–water partition coefficient (Wildman–Crippen LogP) is 1.47. The summed E-state index contributed by atoms with van der Waals surface area (Å²) in [7, 11) is 0. The van der Waals surface area contributed by atoms with E-state index in [1.165, 1.54) is 0 Å². The Labute approximate surface area is 167 Å². The number of carbonyl (C=O) groups is 1. The number of ether oxygens (including phenoxy) is 1. The number of nitrogens with one attached hydrogen (secondary N) is 3. The minimum Gasteiger partial charge on any atom is -0.595 e. The molecule has 0 aromatic heterocycles. The minimum atomic E-state index is -7.40. The second-order valence-electron chi connectivity index (χ2n) is 5.61. The molecule has 0 aliphatic heterocycles. The lowest BCUT2D eigenvalue weighted by Gasteiger charge is -2.34. The van der Waals surface area contributed by atoms with Crippen molar-refractivity contribution in [3.63, 3.8) is 0 Å². The minimum absolute atomic E-state index is 0.209. The summed E-state index contributed by atoms with van der Waals surface area (Å²) in [5.41, 5.74) is -3.57. The summed E-state index contributed by atoms with van der Waals surface area (Å²) in [6, 6.07) is 0.885. The molecule has 0 saturated carbocycles. The first kappa shape index (κ1) is 27.7. The number of halogens is 11. The average molecular weight is 499 g/mol. The van der Waals surface area contributed by atoms with Gasteiger partial charge >= 0.3 is 30.2 Å². The Morgan fingerprint density at radius 1 is 0.875 bits per heavy atom. The molecule has 0 aliphatic rings. The highest BCUT2D eigenvalue weighted by atomic mass is 19.4. The van der Waals surface area contributed by atoms with Crippen LogP contribution in [0.2, 0.25) is 0 Å². The maximum atomic E-state index is 14.2. The molecule has 3 unspecified atom stereocenters. The fourth-order valence-electron chi connectivity index (χ4n) is 1.80. The molecule has 0 radical (unpaired) electrons. The quantitative estimate of drug-likeness (QED) is 0.285. The van der Waals surface area contributed by atoms with Crippen LogP contribution in [0.15, 0.2) is 18.2 Å². The van der Waals surface area contributed by atoms with Crippen LogP contribution in [-0.4, -0.2) is 46.6 Å². The van der Waals surface area contributed by atoms with Gasteiger partial charge in [0.2, 0.25) is 0 Å². The lowest BCUT2D eigenvalue weighted by Crippen LogP contribution is -3.00. The molecule has 1 rings (SSSR count). The highest BCUT2D eigenvalue weighted by Gasteiger charge is 2.79. The van der Waals surface area contributed by atoms with Crippen molar-refractivity contribution in [3.8, 4) is 0 Å². The van der Waals surface area contributed by atoms with Gasteiger partial charge in [0.15, 0.2) is 11.4 Å². The maximum absolute atomic E-state index is 14.2. The van der Waals surface area contributed by atoms with Gasteiger partial charge < -0.3 is 15.7 Å². The first-order valence-corrected chi connectivity index (χ1v) is 7.28. The van der Waals surface area contributed by atoms with Crippen LogP contribution in [0.5, 0.6) is 0 Å². The Balaban J connectivity index is 3.46. The monoisotopic (exact) mass is 499 g/mol. The van der Waals surface area contributed by atoms with Gasteiger partial charge in [-0.1, -0.05) is 0 Å². The smallest absolute Gasteiger partial charge is 0.462 e. The average Bonchev–Trinajstić information content (AvgIpc) is 2.58. The summed E-state index contributed by atoms with van der Waals surface area (Å²) < 4.78 is 143. The Morgan fingerprint density at radius 3 is 1.75 bits per heavy atom. The van der Waals surface area contributed by atoms with Gasteiger partial charge in [0, 0.05) is 6.07 Å². The van der Waals surface area contributed by atoms with Crippen LogP contribution in [0.4, 0.5) is 65.4 Å². The molecule has 184 valence electrons. The van der Waals surface area contributed by atoms with Gasteiger partial charge in [-0.3, -0.25) is 9.53 Å². The molecule has 0 aliphatic carbocycles. The van der Waals surface area contributed by atoms with Gasteiger partial charge in [-0.05, 0) is 6.07 Å². The largest absolute Gasteiger partial charge is 0.595 e. The van der Waals surface area contributed by atoms with E-state index in [-0.39, 0.29) is 12.1 Å². The van der Waals surface area contributed by atoms with Crippen molar-refractivity contribution in [3.05, 3.63) is 28.6 Å². The maximum Gasteiger partial charge on any atom is 0.462 e. The van der Waals surface area contributed by atoms with Crippen molar-refractivity contribution in [1.82, 2.24) is 0 Å². The number of hydrogen-bond acceptors (Lipinski definition) is 6. The van der Waals surface area contributed by atoms with Crippen LogP contribution < -0.4 is 15.8 Å². The lowest BCUT2D eigenvalue weighted by atomic mass is 10.2. The van der Waals surface area contributed by atoms with Crippen molar-refractivity contribution < 1.29 is 78.7 Å². The number of benzene rings is 1. The summed E-state index contributed by atoms with van der Waals surface area (Å²) in [5, 5.41) is 36.2. The van der Waals surface area contributed by atoms with Crippen LogP contribution in [0.25, 0.3) is 0 Å². The van der Waals surface area contributed by atoms with E-state index in [4.69, 9.17) is 10.4 Å². The summed E-state index contributed by atoms with van der Waals surface area (Å²) >= 11 is 0. The summed E-state index contributed by atoms with van der Waals surface area (Å²) in [6.07, 6.45) is -21.5. The van der Waals surface area contributed by atoms with Crippen molar-refractivity contribution in [1.29, 1.82) is 0 Å². The molecule has 0 fully saturated rings. The predicted molar refractivity (Wildman–Crippen MR) is 73.6 cm³/mol. The van der Waals surface area contributed by atoms with Crippen LogP contribution in [0, 0.1) is 10.4 Å². The third kappa shape index (κ3) is 5.16. The number of alkyl halides is 11. The Kier molecular flexibility index (Phi) is 7.38. The third-order valence-corrected chi connectivity index (χ3v) is 3.39. The number of quaternary nitrogens is 2. The molecule has 3 atom stereocenters. The van der Waals surface area contributed by atoms with E-state index in [1.54, 1.807) is 0 Å². The van der Waals surface area contributed by atoms with Crippen molar-refractivity contribution in [2.75, 3.05) is 5.32 Å². The van der Waals surface area contributed by atoms with Gasteiger partial charge in [-0.2, -0.15) is 58.7 Å². The molecule has 0 bridgehead atoms. The van der Waals surface area contributed by atoms with Crippen LogP contribution in [0.1, 0.15) is 0 Å². The molecule has 0 heterocycles. The molecule has 1 aromatic rings. The topological polar surface area (TPSA) is 134 Å². The molecule has 0 saturated heterocycles. The Morgan fingerprint density at radius 2 is 1.38 bits per heavy atom. The first-order chi connectivity index (χ1) is 14.1. The van der Waals surface area contributed by atoms with E-state index >= 15 is 0 Å². The molecule has 20 heteroatoms. The Bertz CT molecular complexity index is 845. The van der Waals surface area contributed by atoms with Crippen LogP contribution >= 0.6 is 0 Å². The second-order valence-corrected chi connectivity index (χ2v) is 5.61. The highest BCUT2D eigenvalue weighted by Crippen LogP contribution is 2.51. The van der Waals surface area contributed by atoms with Crippen molar-refractivity contribution >= 4 is 23.0 Å². The van der Waals surface area contributed by atoms with Gasteiger partial charge in [-0.25, -0.2) is 10.4 Å². The van der Waals surface area contributed by atoms with E-state index in [9.17, 15) is 63.5 Å². The Hall–Kier alpha value is -2.36. The van der Waals surface area contributed by atoms with E-state index < -0.39 is 63.7 Å². The SMILES string of the molecule is O=C(Nc1ccc([NH+]([O-])O)cc1[NH+]([O-])O)C(F)(OC(F)(F)C(F)(F)C(F)(F)F)C(F)(F)F. The number of amides is 1. The zero-order valence-corrected chi connectivity index (χ0v) is 14.4. The fraction of sp³-hybridized carbons (Fsp3) is 0.417. The summed E-state index contributed by atoms with van der Waals surface area (Å²) in [6.45, 7) is 0. The van der Waals surface area contributed by atoms with E-state index in [0.717, 1.165) is 5.32 Å². The van der Waals surface area contributed by atoms with Gasteiger partial charge in [0.1, 0.15) is 5.69 Å². The summed E-state index contributed by atoms with van der Waals surface area (Å²) in [5.74, 6) is -17.4. The number of anilines is 1. The van der Waals surface area contributed by atoms with Gasteiger partial charge in [0.05, 0.1) is 6.07 Å². The molecule has 0 spiro atoms. The number of carbonyl (C=O) groups excluding carboxylic acids is 1. The molecule has 1 aromatic carbocycles. The standard InChI is InChI=1S/C12H8F11N3O6/c13-8(10(16,17)18,32-12(22,23)9(14,15)11(19,20)21)7(27)24-5-2-1-4(25(28)29)3-6(5)26(30)31/h1-3,25-26,28,30H,(H,24,27). The van der Waals surface area contributed by atoms with Crippen LogP contribution in [-0.2, 0) is 9.53 Å². The van der Waals surface area contributed by atoms with Gasteiger partial charge in [-0.15, -0.1) is 0 Å². The highest BCUT2D eigenvalue weighted by molar-refractivity contribution is 5.98. The zero-order chi connectivity index (χ0) is 25.5. The van der Waals surface area contributed by atoms with E-state index in [1.807, 2.05) is 4.74 Å². The second kappa shape index (κ2) is 8.53. The van der Waals surface area contributed by atoms with E-state index in [0.29, 0.717) is 6.07 Å². The molecule has 32 heavy (non-hydrogen) atoms. The first-order valence-electron chi connectivity index (χ1n) is 7.28. The summed E-state index contributed by atoms with van der Waals surface area (Å²) in [4.78, 5) is 11.6.